The second kappa shape index (κ2) is 5.68. The van der Waals surface area contributed by atoms with E-state index in [0.717, 1.165) is 0 Å². The Bertz CT molecular complexity index is 490. The highest BCUT2D eigenvalue weighted by Crippen LogP contribution is 2.26. The number of nitrogens with two attached hydrogens (primary N) is 1. The van der Waals surface area contributed by atoms with E-state index in [2.05, 4.69) is 4.72 Å². The van der Waals surface area contributed by atoms with Gasteiger partial charge in [-0.25, -0.2) is 13.1 Å². The van der Waals surface area contributed by atoms with Crippen molar-refractivity contribution < 1.29 is 13.2 Å². The molecule has 0 saturated heterocycles. The van der Waals surface area contributed by atoms with Gasteiger partial charge < -0.3 is 10.5 Å². The summed E-state index contributed by atoms with van der Waals surface area (Å²) in [6, 6.07) is 3.94. The highest BCUT2D eigenvalue weighted by molar-refractivity contribution is 7.89. The number of nitrogens with one attached hydrogen (secondary N) is 1. The van der Waals surface area contributed by atoms with E-state index < -0.39 is 10.0 Å². The molecular weight excluding hydrogens is 264 g/mol. The van der Waals surface area contributed by atoms with Gasteiger partial charge in [-0.3, -0.25) is 0 Å². The summed E-state index contributed by atoms with van der Waals surface area (Å²) in [6.07, 6.45) is 0. The first-order chi connectivity index (χ1) is 7.90. The average molecular weight is 279 g/mol. The molecule has 1 aromatic carbocycles. The smallest absolute Gasteiger partial charge is 0.240 e. The first-order valence-corrected chi connectivity index (χ1v) is 6.82. The molecule has 96 valence electrons. The van der Waals surface area contributed by atoms with Crippen LogP contribution in [0.2, 0.25) is 5.02 Å². The minimum absolute atomic E-state index is 0.0867. The van der Waals surface area contributed by atoms with Gasteiger partial charge >= 0.3 is 0 Å². The van der Waals surface area contributed by atoms with Crippen LogP contribution in [0, 0.1) is 0 Å². The van der Waals surface area contributed by atoms with E-state index in [4.69, 9.17) is 22.1 Å². The molecule has 1 aromatic rings. The molecule has 0 aromatic heterocycles. The van der Waals surface area contributed by atoms with Crippen LogP contribution in [0.15, 0.2) is 23.1 Å². The van der Waals surface area contributed by atoms with Crippen LogP contribution in [0.4, 0.5) is 0 Å². The van der Waals surface area contributed by atoms with Crippen molar-refractivity contribution in [2.45, 2.75) is 17.9 Å². The van der Waals surface area contributed by atoms with Crippen LogP contribution < -0.4 is 15.2 Å². The van der Waals surface area contributed by atoms with Crippen molar-refractivity contribution in [2.75, 3.05) is 13.7 Å². The van der Waals surface area contributed by atoms with Gasteiger partial charge in [0.15, 0.2) is 0 Å². The molecule has 0 spiro atoms. The van der Waals surface area contributed by atoms with Gasteiger partial charge in [-0.2, -0.15) is 0 Å². The number of hydrogen-bond acceptors (Lipinski definition) is 4. The molecular formula is C10H15ClN2O3S. The van der Waals surface area contributed by atoms with Crippen molar-refractivity contribution in [3.8, 4) is 5.75 Å². The minimum atomic E-state index is -3.59. The molecule has 1 unspecified atom stereocenters. The molecule has 3 N–H and O–H groups in total. The molecule has 0 aliphatic heterocycles. The monoisotopic (exact) mass is 278 g/mol. The fourth-order valence-corrected chi connectivity index (χ4v) is 2.80. The van der Waals surface area contributed by atoms with Gasteiger partial charge in [0, 0.05) is 12.6 Å². The van der Waals surface area contributed by atoms with Gasteiger partial charge in [-0.15, -0.1) is 0 Å². The Morgan fingerprint density at radius 2 is 2.18 bits per heavy atom. The first-order valence-electron chi connectivity index (χ1n) is 4.96. The standard InChI is InChI=1S/C10H15ClN2O3S/c1-7(6-12)13-17(14,15)8-3-4-10(16-2)9(11)5-8/h3-5,7,13H,6,12H2,1-2H3. The lowest BCUT2D eigenvalue weighted by Crippen LogP contribution is -2.37. The zero-order valence-electron chi connectivity index (χ0n) is 9.60. The van der Waals surface area contributed by atoms with Crippen LogP contribution in [0.1, 0.15) is 6.92 Å². The summed E-state index contributed by atoms with van der Waals surface area (Å²) in [5.41, 5.74) is 5.36. The van der Waals surface area contributed by atoms with Crippen molar-refractivity contribution in [3.05, 3.63) is 23.2 Å². The predicted molar refractivity (Wildman–Crippen MR) is 66.8 cm³/mol. The maximum Gasteiger partial charge on any atom is 0.240 e. The van der Waals surface area contributed by atoms with E-state index >= 15 is 0 Å². The second-order valence-electron chi connectivity index (χ2n) is 3.55. The van der Waals surface area contributed by atoms with Gasteiger partial charge in [0.1, 0.15) is 5.75 Å². The van der Waals surface area contributed by atoms with Crippen LogP contribution in [-0.4, -0.2) is 28.1 Å². The predicted octanol–water partition coefficient (Wildman–Crippen LogP) is 0.974. The van der Waals surface area contributed by atoms with E-state index in [1.54, 1.807) is 6.92 Å². The fourth-order valence-electron chi connectivity index (χ4n) is 1.20. The van der Waals surface area contributed by atoms with E-state index in [1.165, 1.54) is 25.3 Å². The number of sulfonamides is 1. The molecule has 0 aliphatic carbocycles. The molecule has 0 bridgehead atoms. The second-order valence-corrected chi connectivity index (χ2v) is 5.68. The van der Waals surface area contributed by atoms with Crippen molar-refractivity contribution in [1.29, 1.82) is 0 Å². The van der Waals surface area contributed by atoms with Crippen LogP contribution >= 0.6 is 11.6 Å². The largest absolute Gasteiger partial charge is 0.495 e. The number of rotatable bonds is 5. The summed E-state index contributed by atoms with van der Waals surface area (Å²) >= 11 is 5.86. The topological polar surface area (TPSA) is 81.4 Å². The summed E-state index contributed by atoms with van der Waals surface area (Å²) in [6.45, 7) is 1.91. The lowest BCUT2D eigenvalue weighted by atomic mass is 10.3. The Kier molecular flexibility index (Phi) is 4.76. The minimum Gasteiger partial charge on any atom is -0.495 e. The molecule has 1 atom stereocenters. The van der Waals surface area contributed by atoms with E-state index in [1.807, 2.05) is 0 Å². The Labute approximate surface area is 106 Å². The van der Waals surface area contributed by atoms with E-state index in [-0.39, 0.29) is 22.5 Å². The third-order valence-electron chi connectivity index (χ3n) is 2.14. The van der Waals surface area contributed by atoms with Crippen LogP contribution in [-0.2, 0) is 10.0 Å². The van der Waals surface area contributed by atoms with Gasteiger partial charge in [0.05, 0.1) is 17.0 Å². The Hall–Kier alpha value is -0.820. The highest BCUT2D eigenvalue weighted by atomic mass is 35.5. The highest BCUT2D eigenvalue weighted by Gasteiger charge is 2.17. The Balaban J connectivity index is 3.04. The van der Waals surface area contributed by atoms with Crippen LogP contribution in [0.5, 0.6) is 5.75 Å². The molecule has 5 nitrogen and oxygen atoms in total. The summed E-state index contributed by atoms with van der Waals surface area (Å²) in [7, 11) is -2.13. The molecule has 7 heteroatoms. The summed E-state index contributed by atoms with van der Waals surface area (Å²) < 4.78 is 31.2. The number of methoxy groups -OCH3 is 1. The van der Waals surface area contributed by atoms with Gasteiger partial charge in [-0.1, -0.05) is 11.6 Å². The molecule has 0 amide bonds. The summed E-state index contributed by atoms with van der Waals surface area (Å²) in [4.78, 5) is 0.0867. The number of ether oxygens (including phenoxy) is 1. The normalized spacial score (nSPS) is 13.4. The van der Waals surface area contributed by atoms with Crippen LogP contribution in [0.3, 0.4) is 0 Å². The third-order valence-corrected chi connectivity index (χ3v) is 4.03. The molecule has 0 radical (unpaired) electrons. The number of halogens is 1. The third kappa shape index (κ3) is 3.57. The first kappa shape index (κ1) is 14.2. The quantitative estimate of drug-likeness (QED) is 0.841. The zero-order valence-corrected chi connectivity index (χ0v) is 11.2. The molecule has 0 saturated carbocycles. The molecule has 17 heavy (non-hydrogen) atoms. The average Bonchev–Trinajstić information content (AvgIpc) is 2.28. The van der Waals surface area contributed by atoms with Crippen LogP contribution in [0.25, 0.3) is 0 Å². The van der Waals surface area contributed by atoms with E-state index in [9.17, 15) is 8.42 Å². The maximum absolute atomic E-state index is 11.9. The summed E-state index contributed by atoms with van der Waals surface area (Å²) in [5.74, 6) is 0.428. The van der Waals surface area contributed by atoms with Gasteiger partial charge in [-0.05, 0) is 25.1 Å². The molecule has 0 aliphatic rings. The Morgan fingerprint density at radius 3 is 2.65 bits per heavy atom. The molecule has 0 fully saturated rings. The summed E-state index contributed by atoms with van der Waals surface area (Å²) in [5, 5.41) is 0.246. The maximum atomic E-state index is 11.9. The fraction of sp³-hybridized carbons (Fsp3) is 0.400. The SMILES string of the molecule is COc1ccc(S(=O)(=O)NC(C)CN)cc1Cl. The van der Waals surface area contributed by atoms with Crippen molar-refractivity contribution >= 4 is 21.6 Å². The lowest BCUT2D eigenvalue weighted by Gasteiger charge is -2.12. The lowest BCUT2D eigenvalue weighted by molar-refractivity contribution is 0.414. The van der Waals surface area contributed by atoms with Crippen molar-refractivity contribution in [2.24, 2.45) is 5.73 Å². The molecule has 0 heterocycles. The number of hydrogen-bond donors (Lipinski definition) is 2. The van der Waals surface area contributed by atoms with E-state index in [0.29, 0.717) is 5.75 Å². The van der Waals surface area contributed by atoms with Gasteiger partial charge in [0.25, 0.3) is 0 Å². The zero-order chi connectivity index (χ0) is 13.1. The Morgan fingerprint density at radius 1 is 1.53 bits per heavy atom. The van der Waals surface area contributed by atoms with Crippen molar-refractivity contribution in [3.63, 3.8) is 0 Å². The van der Waals surface area contributed by atoms with Crippen molar-refractivity contribution in [1.82, 2.24) is 4.72 Å². The van der Waals surface area contributed by atoms with Gasteiger partial charge in [0.2, 0.25) is 10.0 Å². The molecule has 1 rings (SSSR count). The number of benzene rings is 1.